The molecule has 1 aromatic heterocycles. The third-order valence-corrected chi connectivity index (χ3v) is 4.09. The predicted octanol–water partition coefficient (Wildman–Crippen LogP) is 4.72. The van der Waals surface area contributed by atoms with Crippen LogP contribution in [0.5, 0.6) is 5.75 Å². The lowest BCUT2D eigenvalue weighted by atomic mass is 10.1. The Balaban J connectivity index is 2.30. The number of rotatable bonds is 6. The normalized spacial score (nSPS) is 11.1. The molecule has 0 fully saturated rings. The highest BCUT2D eigenvalue weighted by molar-refractivity contribution is 9.10. The van der Waals surface area contributed by atoms with Gasteiger partial charge < -0.3 is 4.74 Å². The lowest BCUT2D eigenvalue weighted by Gasteiger charge is -2.07. The summed E-state index contributed by atoms with van der Waals surface area (Å²) in [5.74, 6) is 0.645. The number of hydrogen-bond acceptors (Lipinski definition) is 3. The van der Waals surface area contributed by atoms with Gasteiger partial charge in [0.25, 0.3) is 0 Å². The lowest BCUT2D eigenvalue weighted by Crippen LogP contribution is -2.07. The molecule has 1 aromatic carbocycles. The quantitative estimate of drug-likeness (QED) is 0.494. The number of hydrogen-bond donors (Lipinski definition) is 0. The van der Waals surface area contributed by atoms with E-state index in [1.54, 1.807) is 17.0 Å². The Morgan fingerprint density at radius 2 is 2.14 bits per heavy atom. The summed E-state index contributed by atoms with van der Waals surface area (Å²) in [7, 11) is 0. The van der Waals surface area contributed by atoms with E-state index >= 15 is 0 Å². The summed E-state index contributed by atoms with van der Waals surface area (Å²) in [5.41, 5.74) is 1.40. The van der Waals surface area contributed by atoms with Crippen molar-refractivity contribution in [3.05, 3.63) is 50.7 Å². The van der Waals surface area contributed by atoms with E-state index in [1.807, 2.05) is 32.0 Å². The zero-order chi connectivity index (χ0) is 16.1. The molecule has 0 aliphatic heterocycles. The van der Waals surface area contributed by atoms with Crippen LogP contribution in [0.3, 0.4) is 0 Å². The van der Waals surface area contributed by atoms with Crippen LogP contribution in [0.15, 0.2) is 39.4 Å². The molecular weight excluding hydrogens is 412 g/mol. The molecule has 0 saturated carbocycles. The fourth-order valence-electron chi connectivity index (χ4n) is 2.03. The van der Waals surface area contributed by atoms with E-state index in [0.29, 0.717) is 23.3 Å². The van der Waals surface area contributed by atoms with Gasteiger partial charge in [-0.05, 0) is 60.1 Å². The summed E-state index contributed by atoms with van der Waals surface area (Å²) in [6.07, 6.45) is 4.94. The summed E-state index contributed by atoms with van der Waals surface area (Å²) in [4.78, 5) is 12.4. The monoisotopic (exact) mass is 426 g/mol. The summed E-state index contributed by atoms with van der Waals surface area (Å²) in [6, 6.07) is 5.71. The number of aromatic nitrogens is 2. The van der Waals surface area contributed by atoms with Crippen LogP contribution in [0, 0.1) is 0 Å². The number of carbonyl (C=O) groups is 1. The number of benzene rings is 1. The Labute approximate surface area is 146 Å². The van der Waals surface area contributed by atoms with Crippen molar-refractivity contribution in [2.45, 2.75) is 20.4 Å². The Bertz CT molecular complexity index is 708. The van der Waals surface area contributed by atoms with Gasteiger partial charge in [-0.15, -0.1) is 0 Å². The van der Waals surface area contributed by atoms with Crippen molar-refractivity contribution < 1.29 is 9.53 Å². The van der Waals surface area contributed by atoms with Crippen molar-refractivity contribution in [1.29, 1.82) is 0 Å². The van der Waals surface area contributed by atoms with Crippen molar-refractivity contribution >= 4 is 43.7 Å². The third kappa shape index (κ3) is 3.87. The molecule has 0 atom stereocenters. The van der Waals surface area contributed by atoms with Gasteiger partial charge in [-0.25, -0.2) is 0 Å². The van der Waals surface area contributed by atoms with Crippen LogP contribution in [0.1, 0.15) is 29.9 Å². The second-order valence-corrected chi connectivity index (χ2v) is 6.24. The highest BCUT2D eigenvalue weighted by Gasteiger charge is 2.14. The first-order valence-electron chi connectivity index (χ1n) is 6.92. The van der Waals surface area contributed by atoms with Crippen molar-refractivity contribution in [2.75, 3.05) is 6.61 Å². The minimum absolute atomic E-state index is 0.103. The van der Waals surface area contributed by atoms with Crippen LogP contribution in [0.2, 0.25) is 0 Å². The maximum atomic E-state index is 12.4. The summed E-state index contributed by atoms with van der Waals surface area (Å²) in [5, 5.41) is 4.15. The number of nitrogens with zero attached hydrogens (tertiary/aromatic N) is 2. The van der Waals surface area contributed by atoms with E-state index in [0.717, 1.165) is 15.8 Å². The molecule has 6 heteroatoms. The third-order valence-electron chi connectivity index (χ3n) is 3.01. The molecule has 2 rings (SSSR count). The Morgan fingerprint density at radius 3 is 2.82 bits per heavy atom. The largest absolute Gasteiger partial charge is 0.493 e. The molecule has 0 radical (unpaired) electrons. The van der Waals surface area contributed by atoms with Gasteiger partial charge in [0.1, 0.15) is 11.4 Å². The second-order valence-electron chi connectivity index (χ2n) is 4.47. The fraction of sp³-hybridized carbons (Fsp3) is 0.250. The molecule has 2 aromatic rings. The van der Waals surface area contributed by atoms with Crippen LogP contribution in [0.25, 0.3) is 6.08 Å². The lowest BCUT2D eigenvalue weighted by molar-refractivity contribution is 0.103. The molecule has 0 bridgehead atoms. The molecule has 0 saturated heterocycles. The number of halogens is 2. The van der Waals surface area contributed by atoms with Gasteiger partial charge >= 0.3 is 0 Å². The van der Waals surface area contributed by atoms with E-state index in [-0.39, 0.29) is 5.78 Å². The molecule has 0 unspecified atom stereocenters. The topological polar surface area (TPSA) is 44.1 Å². The van der Waals surface area contributed by atoms with Crippen LogP contribution in [-0.2, 0) is 6.54 Å². The minimum atomic E-state index is -0.103. The number of aryl methyl sites for hydroxylation is 1. The standard InChI is InChI=1S/C16H16Br2N2O2/c1-3-20-16(13(18)10-19-20)14(21)7-5-11-9-12(17)6-8-15(11)22-4-2/h5-10H,3-4H2,1-2H3/b7-5+. The van der Waals surface area contributed by atoms with E-state index in [9.17, 15) is 4.79 Å². The van der Waals surface area contributed by atoms with E-state index in [4.69, 9.17) is 4.74 Å². The van der Waals surface area contributed by atoms with Crippen LogP contribution >= 0.6 is 31.9 Å². The molecule has 0 aliphatic carbocycles. The first kappa shape index (κ1) is 17.0. The molecule has 1 heterocycles. The highest BCUT2D eigenvalue weighted by Crippen LogP contribution is 2.25. The molecular formula is C16H16Br2N2O2. The van der Waals surface area contributed by atoms with Gasteiger partial charge in [-0.1, -0.05) is 15.9 Å². The van der Waals surface area contributed by atoms with E-state index in [1.165, 1.54) is 6.08 Å². The van der Waals surface area contributed by atoms with Gasteiger partial charge in [0.05, 0.1) is 17.3 Å². The van der Waals surface area contributed by atoms with Gasteiger partial charge in [0.15, 0.2) is 0 Å². The Hall–Kier alpha value is -1.40. The van der Waals surface area contributed by atoms with Crippen LogP contribution in [-0.4, -0.2) is 22.2 Å². The first-order valence-corrected chi connectivity index (χ1v) is 8.51. The predicted molar refractivity (Wildman–Crippen MR) is 94.3 cm³/mol. The smallest absolute Gasteiger partial charge is 0.205 e. The summed E-state index contributed by atoms with van der Waals surface area (Å²) in [6.45, 7) is 5.09. The molecule has 0 N–H and O–H groups in total. The SMILES string of the molecule is CCOc1ccc(Br)cc1/C=C/C(=O)c1c(Br)cnn1CC. The van der Waals surface area contributed by atoms with Gasteiger partial charge in [0.2, 0.25) is 5.78 Å². The van der Waals surface area contributed by atoms with E-state index in [2.05, 4.69) is 37.0 Å². The maximum Gasteiger partial charge on any atom is 0.205 e. The molecule has 22 heavy (non-hydrogen) atoms. The average molecular weight is 428 g/mol. The zero-order valence-electron chi connectivity index (χ0n) is 12.3. The van der Waals surface area contributed by atoms with Crippen molar-refractivity contribution in [2.24, 2.45) is 0 Å². The molecule has 116 valence electrons. The Kier molecular flexibility index (Phi) is 5.97. The number of ketones is 1. The summed E-state index contributed by atoms with van der Waals surface area (Å²) >= 11 is 6.80. The maximum absolute atomic E-state index is 12.4. The van der Waals surface area contributed by atoms with Crippen molar-refractivity contribution in [1.82, 2.24) is 9.78 Å². The molecule has 0 amide bonds. The number of carbonyl (C=O) groups excluding carboxylic acids is 1. The van der Waals surface area contributed by atoms with Crippen LogP contribution in [0.4, 0.5) is 0 Å². The van der Waals surface area contributed by atoms with E-state index < -0.39 is 0 Å². The average Bonchev–Trinajstić information content (AvgIpc) is 2.88. The Morgan fingerprint density at radius 1 is 1.36 bits per heavy atom. The van der Waals surface area contributed by atoms with Crippen LogP contribution < -0.4 is 4.74 Å². The van der Waals surface area contributed by atoms with Crippen molar-refractivity contribution in [3.63, 3.8) is 0 Å². The molecule has 0 aliphatic rings. The molecule has 0 spiro atoms. The summed E-state index contributed by atoms with van der Waals surface area (Å²) < 4.78 is 8.87. The van der Waals surface area contributed by atoms with Gasteiger partial charge in [-0.2, -0.15) is 5.10 Å². The van der Waals surface area contributed by atoms with Gasteiger partial charge in [0, 0.05) is 16.6 Å². The number of allylic oxidation sites excluding steroid dienone is 1. The highest BCUT2D eigenvalue weighted by atomic mass is 79.9. The first-order chi connectivity index (χ1) is 10.6. The van der Waals surface area contributed by atoms with Gasteiger partial charge in [-0.3, -0.25) is 9.48 Å². The fourth-order valence-corrected chi connectivity index (χ4v) is 2.90. The second kappa shape index (κ2) is 7.74. The number of ether oxygens (including phenoxy) is 1. The van der Waals surface area contributed by atoms with Crippen molar-refractivity contribution in [3.8, 4) is 5.75 Å². The minimum Gasteiger partial charge on any atom is -0.493 e. The molecule has 4 nitrogen and oxygen atoms in total. The zero-order valence-corrected chi connectivity index (χ0v) is 15.5.